The average molecular weight is 324 g/mol. The lowest BCUT2D eigenvalue weighted by Gasteiger charge is -2.24. The molecule has 1 amide bonds. The summed E-state index contributed by atoms with van der Waals surface area (Å²) in [5.41, 5.74) is 8.34. The Kier molecular flexibility index (Phi) is 5.16. The van der Waals surface area contributed by atoms with Crippen LogP contribution >= 0.6 is 0 Å². The van der Waals surface area contributed by atoms with E-state index < -0.39 is 0 Å². The summed E-state index contributed by atoms with van der Waals surface area (Å²) in [5.74, 6) is 0.957. The van der Waals surface area contributed by atoms with Gasteiger partial charge in [0.05, 0.1) is 7.11 Å². The van der Waals surface area contributed by atoms with E-state index in [0.717, 1.165) is 29.7 Å². The Labute approximate surface area is 143 Å². The minimum Gasteiger partial charge on any atom is -0.497 e. The van der Waals surface area contributed by atoms with Crippen LogP contribution in [0, 0.1) is 0 Å². The molecule has 1 saturated carbocycles. The van der Waals surface area contributed by atoms with Gasteiger partial charge in [0.2, 0.25) is 5.91 Å². The fourth-order valence-corrected chi connectivity index (χ4v) is 2.86. The van der Waals surface area contributed by atoms with Gasteiger partial charge in [-0.3, -0.25) is 4.79 Å². The molecule has 1 unspecified atom stereocenters. The number of amides is 1. The zero-order valence-corrected chi connectivity index (χ0v) is 14.0. The number of rotatable bonds is 7. The highest BCUT2D eigenvalue weighted by Gasteiger charge is 2.33. The average Bonchev–Trinajstić information content (AvgIpc) is 3.45. The predicted octanol–water partition coefficient (Wildman–Crippen LogP) is 3.28. The fraction of sp³-hybridized carbons (Fsp3) is 0.350. The van der Waals surface area contributed by atoms with E-state index in [1.54, 1.807) is 7.11 Å². The second kappa shape index (κ2) is 7.49. The Morgan fingerprint density at radius 3 is 2.42 bits per heavy atom. The first kappa shape index (κ1) is 16.5. The topological polar surface area (TPSA) is 55.6 Å². The minimum atomic E-state index is -0.254. The molecule has 3 rings (SSSR count). The van der Waals surface area contributed by atoms with Crippen LogP contribution in [0.25, 0.3) is 0 Å². The van der Waals surface area contributed by atoms with Crippen LogP contribution in [0.1, 0.15) is 36.4 Å². The first-order valence-corrected chi connectivity index (χ1v) is 8.40. The van der Waals surface area contributed by atoms with E-state index >= 15 is 0 Å². The first-order chi connectivity index (χ1) is 11.7. The lowest BCUT2D eigenvalue weighted by atomic mass is 10.0. The maximum atomic E-state index is 12.8. The smallest absolute Gasteiger partial charge is 0.225 e. The number of methoxy groups -OCH3 is 1. The second-order valence-corrected chi connectivity index (χ2v) is 6.32. The van der Waals surface area contributed by atoms with Crippen LogP contribution in [-0.2, 0) is 11.3 Å². The Morgan fingerprint density at radius 2 is 1.83 bits per heavy atom. The number of carbonyl (C=O) groups excluding carboxylic acids is 1. The van der Waals surface area contributed by atoms with Gasteiger partial charge in [-0.15, -0.1) is 0 Å². The van der Waals surface area contributed by atoms with Crippen molar-refractivity contribution in [2.75, 3.05) is 7.11 Å². The fourth-order valence-electron chi connectivity index (χ4n) is 2.86. The van der Waals surface area contributed by atoms with Gasteiger partial charge in [-0.2, -0.15) is 0 Å². The third-order valence-corrected chi connectivity index (χ3v) is 4.44. The van der Waals surface area contributed by atoms with E-state index in [-0.39, 0.29) is 11.9 Å². The first-order valence-electron chi connectivity index (χ1n) is 8.40. The third kappa shape index (κ3) is 4.15. The molecule has 0 aromatic heterocycles. The molecule has 4 heteroatoms. The summed E-state index contributed by atoms with van der Waals surface area (Å²) in [6.45, 7) is 0.634. The molecule has 4 nitrogen and oxygen atoms in total. The Bertz CT molecular complexity index is 666. The molecule has 2 aromatic rings. The van der Waals surface area contributed by atoms with Crippen molar-refractivity contribution in [1.82, 2.24) is 4.90 Å². The molecule has 1 aliphatic rings. The van der Waals surface area contributed by atoms with Crippen molar-refractivity contribution in [1.29, 1.82) is 0 Å². The van der Waals surface area contributed by atoms with E-state index in [2.05, 4.69) is 0 Å². The number of hydrogen-bond donors (Lipinski definition) is 1. The summed E-state index contributed by atoms with van der Waals surface area (Å²) in [4.78, 5) is 14.7. The van der Waals surface area contributed by atoms with Gasteiger partial charge in [0.1, 0.15) is 5.75 Å². The number of hydrogen-bond acceptors (Lipinski definition) is 3. The Morgan fingerprint density at radius 1 is 1.17 bits per heavy atom. The summed E-state index contributed by atoms with van der Waals surface area (Å²) in [6.07, 6.45) is 2.52. The van der Waals surface area contributed by atoms with Crippen molar-refractivity contribution in [3.63, 3.8) is 0 Å². The molecule has 0 spiro atoms. The summed E-state index contributed by atoms with van der Waals surface area (Å²) in [7, 11) is 1.65. The van der Waals surface area contributed by atoms with Gasteiger partial charge in [0.25, 0.3) is 0 Å². The SMILES string of the molecule is COc1ccc(CN(C(=O)CC(N)c2ccccc2)C2CC2)cc1. The maximum absolute atomic E-state index is 12.8. The summed E-state index contributed by atoms with van der Waals surface area (Å²) in [5, 5.41) is 0. The van der Waals surface area contributed by atoms with Crippen LogP contribution in [0.3, 0.4) is 0 Å². The summed E-state index contributed by atoms with van der Waals surface area (Å²) >= 11 is 0. The highest BCUT2D eigenvalue weighted by atomic mass is 16.5. The second-order valence-electron chi connectivity index (χ2n) is 6.32. The van der Waals surface area contributed by atoms with Gasteiger partial charge in [0, 0.05) is 25.0 Å². The van der Waals surface area contributed by atoms with E-state index in [1.165, 1.54) is 0 Å². The molecule has 0 saturated heterocycles. The van der Waals surface area contributed by atoms with Gasteiger partial charge in [-0.25, -0.2) is 0 Å². The van der Waals surface area contributed by atoms with Gasteiger partial charge in [0.15, 0.2) is 0 Å². The molecule has 2 N–H and O–H groups in total. The largest absolute Gasteiger partial charge is 0.497 e. The van der Waals surface area contributed by atoms with Crippen molar-refractivity contribution in [2.24, 2.45) is 5.73 Å². The maximum Gasteiger partial charge on any atom is 0.225 e. The Balaban J connectivity index is 1.65. The zero-order chi connectivity index (χ0) is 16.9. The standard InChI is InChI=1S/C20H24N2O2/c1-24-18-11-7-15(8-12-18)14-22(17-9-10-17)20(23)13-19(21)16-5-3-2-4-6-16/h2-8,11-12,17,19H,9-10,13-14,21H2,1H3. The lowest BCUT2D eigenvalue weighted by Crippen LogP contribution is -2.34. The van der Waals surface area contributed by atoms with Crippen LogP contribution in [0.4, 0.5) is 0 Å². The molecule has 0 aliphatic heterocycles. The number of nitrogens with zero attached hydrogens (tertiary/aromatic N) is 1. The molecule has 2 aromatic carbocycles. The van der Waals surface area contributed by atoms with Gasteiger partial charge < -0.3 is 15.4 Å². The quantitative estimate of drug-likeness (QED) is 0.850. The Hall–Kier alpha value is -2.33. The van der Waals surface area contributed by atoms with Crippen LogP contribution < -0.4 is 10.5 Å². The number of carbonyl (C=O) groups is 1. The molecule has 0 heterocycles. The molecule has 0 radical (unpaired) electrons. The molecular weight excluding hydrogens is 300 g/mol. The van der Waals surface area contributed by atoms with Crippen LogP contribution in [-0.4, -0.2) is 24.0 Å². The molecule has 0 bridgehead atoms. The van der Waals surface area contributed by atoms with Gasteiger partial charge >= 0.3 is 0 Å². The van der Waals surface area contributed by atoms with Crippen LogP contribution in [0.15, 0.2) is 54.6 Å². The van der Waals surface area contributed by atoms with E-state index in [1.807, 2.05) is 59.5 Å². The van der Waals surface area contributed by atoms with E-state index in [4.69, 9.17) is 10.5 Å². The molecule has 1 aliphatic carbocycles. The molecular formula is C20H24N2O2. The van der Waals surface area contributed by atoms with E-state index in [0.29, 0.717) is 19.0 Å². The highest BCUT2D eigenvalue weighted by molar-refractivity contribution is 5.77. The van der Waals surface area contributed by atoms with E-state index in [9.17, 15) is 4.79 Å². The minimum absolute atomic E-state index is 0.129. The molecule has 126 valence electrons. The highest BCUT2D eigenvalue weighted by Crippen LogP contribution is 2.30. The number of ether oxygens (including phenoxy) is 1. The predicted molar refractivity (Wildman–Crippen MR) is 94.6 cm³/mol. The monoisotopic (exact) mass is 324 g/mol. The van der Waals surface area contributed by atoms with Crippen molar-refractivity contribution < 1.29 is 9.53 Å². The van der Waals surface area contributed by atoms with Crippen molar-refractivity contribution >= 4 is 5.91 Å². The summed E-state index contributed by atoms with van der Waals surface area (Å²) in [6, 6.07) is 17.8. The number of nitrogens with two attached hydrogens (primary N) is 1. The van der Waals surface area contributed by atoms with Crippen LogP contribution in [0.5, 0.6) is 5.75 Å². The number of benzene rings is 2. The van der Waals surface area contributed by atoms with Gasteiger partial charge in [-0.05, 0) is 36.1 Å². The van der Waals surface area contributed by atoms with Crippen LogP contribution in [0.2, 0.25) is 0 Å². The zero-order valence-electron chi connectivity index (χ0n) is 14.0. The summed E-state index contributed by atoms with van der Waals surface area (Å²) < 4.78 is 5.19. The normalized spacial score (nSPS) is 14.9. The molecule has 1 fully saturated rings. The molecule has 1 atom stereocenters. The van der Waals surface area contributed by atoms with Crippen molar-refractivity contribution in [3.8, 4) is 5.75 Å². The lowest BCUT2D eigenvalue weighted by molar-refractivity contribution is -0.132. The van der Waals surface area contributed by atoms with Crippen molar-refractivity contribution in [2.45, 2.75) is 37.9 Å². The third-order valence-electron chi connectivity index (χ3n) is 4.44. The van der Waals surface area contributed by atoms with Gasteiger partial charge in [-0.1, -0.05) is 42.5 Å². The van der Waals surface area contributed by atoms with Crippen molar-refractivity contribution in [3.05, 3.63) is 65.7 Å². The molecule has 24 heavy (non-hydrogen) atoms.